The molecule has 2 aliphatic rings. The van der Waals surface area contributed by atoms with Crippen LogP contribution in [0.3, 0.4) is 0 Å². The topological polar surface area (TPSA) is 78.5 Å². The number of urea groups is 1. The monoisotopic (exact) mass is 395 g/mol. The molecule has 1 saturated heterocycles. The highest BCUT2D eigenvalue weighted by molar-refractivity contribution is 6.09. The maximum Gasteiger partial charge on any atom is 0.325 e. The van der Waals surface area contributed by atoms with Crippen molar-refractivity contribution in [2.75, 3.05) is 6.54 Å². The lowest BCUT2D eigenvalue weighted by molar-refractivity contribution is -0.135. The first-order valence-electron chi connectivity index (χ1n) is 9.63. The molecule has 1 heterocycles. The Bertz CT molecular complexity index is 944. The van der Waals surface area contributed by atoms with Crippen LogP contribution < -0.4 is 10.6 Å². The van der Waals surface area contributed by atoms with Gasteiger partial charge in [-0.3, -0.25) is 14.5 Å². The molecule has 4 rings (SSSR count). The van der Waals surface area contributed by atoms with Gasteiger partial charge in [-0.25, -0.2) is 9.18 Å². The normalized spacial score (nSPS) is 22.3. The minimum Gasteiger partial charge on any atom is -0.347 e. The number of hydrogen-bond donors (Lipinski definition) is 2. The van der Waals surface area contributed by atoms with E-state index >= 15 is 0 Å². The van der Waals surface area contributed by atoms with Crippen molar-refractivity contribution >= 4 is 17.8 Å². The van der Waals surface area contributed by atoms with Gasteiger partial charge in [0.05, 0.1) is 6.04 Å². The van der Waals surface area contributed by atoms with E-state index in [1.54, 1.807) is 6.92 Å². The second kappa shape index (κ2) is 7.31. The third-order valence-electron chi connectivity index (χ3n) is 5.57. The molecular weight excluding hydrogens is 373 g/mol. The van der Waals surface area contributed by atoms with Crippen LogP contribution in [0.15, 0.2) is 54.6 Å². The van der Waals surface area contributed by atoms with Gasteiger partial charge in [-0.1, -0.05) is 42.5 Å². The third kappa shape index (κ3) is 3.72. The highest BCUT2D eigenvalue weighted by Gasteiger charge is 2.49. The van der Waals surface area contributed by atoms with E-state index in [0.717, 1.165) is 23.3 Å². The van der Waals surface area contributed by atoms with Gasteiger partial charge < -0.3 is 10.6 Å². The average Bonchev–Trinajstić information content (AvgIpc) is 3.52. The minimum atomic E-state index is -1.33. The molecule has 6 nitrogen and oxygen atoms in total. The number of halogens is 1. The smallest absolute Gasteiger partial charge is 0.325 e. The second-order valence-corrected chi connectivity index (χ2v) is 7.75. The van der Waals surface area contributed by atoms with E-state index in [1.807, 2.05) is 30.3 Å². The van der Waals surface area contributed by atoms with Crippen LogP contribution in [0.2, 0.25) is 0 Å². The zero-order valence-electron chi connectivity index (χ0n) is 16.0. The molecule has 29 heavy (non-hydrogen) atoms. The Balaban J connectivity index is 1.47. The van der Waals surface area contributed by atoms with Gasteiger partial charge in [0.15, 0.2) is 0 Å². The fraction of sp³-hybridized carbons (Fsp3) is 0.318. The zero-order chi connectivity index (χ0) is 20.6. The number of benzene rings is 2. The summed E-state index contributed by atoms with van der Waals surface area (Å²) in [5.74, 6) is -0.990. The summed E-state index contributed by atoms with van der Waals surface area (Å²) in [6.07, 6.45) is 2.07. The van der Waals surface area contributed by atoms with Crippen molar-refractivity contribution in [1.29, 1.82) is 0 Å². The van der Waals surface area contributed by atoms with Gasteiger partial charge in [-0.05, 0) is 48.9 Å². The molecule has 0 radical (unpaired) electrons. The van der Waals surface area contributed by atoms with Crippen LogP contribution in [0.4, 0.5) is 9.18 Å². The van der Waals surface area contributed by atoms with E-state index < -0.39 is 29.2 Å². The van der Waals surface area contributed by atoms with E-state index in [0.29, 0.717) is 11.5 Å². The number of nitrogens with one attached hydrogen (secondary N) is 2. The van der Waals surface area contributed by atoms with Crippen molar-refractivity contribution in [2.45, 2.75) is 31.3 Å². The lowest BCUT2D eigenvalue weighted by Crippen LogP contribution is -2.44. The van der Waals surface area contributed by atoms with E-state index in [1.165, 1.54) is 24.3 Å². The minimum absolute atomic E-state index is 0.132. The Morgan fingerprint density at radius 1 is 1.17 bits per heavy atom. The maximum absolute atomic E-state index is 13.2. The Labute approximate surface area is 168 Å². The summed E-state index contributed by atoms with van der Waals surface area (Å²) in [6, 6.07) is 14.3. The largest absolute Gasteiger partial charge is 0.347 e. The molecule has 4 amide bonds. The molecule has 150 valence electrons. The third-order valence-corrected chi connectivity index (χ3v) is 5.57. The number of nitrogens with zero attached hydrogens (tertiary/aromatic N) is 1. The number of imide groups is 1. The molecule has 1 aliphatic heterocycles. The second-order valence-electron chi connectivity index (χ2n) is 7.75. The first-order chi connectivity index (χ1) is 13.9. The molecule has 2 aromatic rings. The predicted octanol–water partition coefficient (Wildman–Crippen LogP) is 2.86. The van der Waals surface area contributed by atoms with Crippen LogP contribution in [0, 0.1) is 11.7 Å². The summed E-state index contributed by atoms with van der Waals surface area (Å²) < 4.78 is 13.2. The first kappa shape index (κ1) is 19.1. The maximum atomic E-state index is 13.2. The van der Waals surface area contributed by atoms with Crippen molar-refractivity contribution in [3.8, 4) is 0 Å². The summed E-state index contributed by atoms with van der Waals surface area (Å²) in [6.45, 7) is 1.19. The molecule has 0 bridgehead atoms. The molecule has 2 unspecified atom stereocenters. The zero-order valence-corrected chi connectivity index (χ0v) is 16.0. The summed E-state index contributed by atoms with van der Waals surface area (Å²) in [4.78, 5) is 38.9. The van der Waals surface area contributed by atoms with Gasteiger partial charge >= 0.3 is 6.03 Å². The van der Waals surface area contributed by atoms with Gasteiger partial charge in [0.25, 0.3) is 5.91 Å². The summed E-state index contributed by atoms with van der Waals surface area (Å²) >= 11 is 0. The van der Waals surface area contributed by atoms with E-state index in [-0.39, 0.29) is 12.6 Å². The van der Waals surface area contributed by atoms with Gasteiger partial charge in [-0.2, -0.15) is 0 Å². The number of hydrogen-bond acceptors (Lipinski definition) is 3. The molecule has 1 saturated carbocycles. The number of amides is 4. The molecule has 7 heteroatoms. The highest BCUT2D eigenvalue weighted by Crippen LogP contribution is 2.41. The SMILES string of the molecule is CC1(c2ccc(F)cc2)NC(=O)N(CC(=O)NC(c2ccccc2)C2CC2)C1=O. The highest BCUT2D eigenvalue weighted by atomic mass is 19.1. The fourth-order valence-electron chi connectivity index (χ4n) is 3.75. The molecule has 2 atom stereocenters. The van der Waals surface area contributed by atoms with Crippen molar-refractivity contribution in [3.05, 3.63) is 71.5 Å². The lowest BCUT2D eigenvalue weighted by Gasteiger charge is -2.23. The van der Waals surface area contributed by atoms with Crippen LogP contribution in [-0.4, -0.2) is 29.3 Å². The molecular formula is C22H22FN3O3. The molecule has 2 N–H and O–H groups in total. The summed E-state index contributed by atoms with van der Waals surface area (Å²) in [7, 11) is 0. The lowest BCUT2D eigenvalue weighted by atomic mass is 9.92. The number of rotatable bonds is 6. The Hall–Kier alpha value is -3.22. The van der Waals surface area contributed by atoms with Gasteiger partial charge in [0.2, 0.25) is 5.91 Å². The Morgan fingerprint density at radius 3 is 2.45 bits per heavy atom. The van der Waals surface area contributed by atoms with Crippen LogP contribution in [0.25, 0.3) is 0 Å². The van der Waals surface area contributed by atoms with Crippen molar-refractivity contribution in [3.63, 3.8) is 0 Å². The first-order valence-corrected chi connectivity index (χ1v) is 9.63. The fourth-order valence-corrected chi connectivity index (χ4v) is 3.75. The molecule has 2 aromatic carbocycles. The average molecular weight is 395 g/mol. The van der Waals surface area contributed by atoms with Gasteiger partial charge in [-0.15, -0.1) is 0 Å². The molecule has 2 fully saturated rings. The predicted molar refractivity (Wildman–Crippen MR) is 104 cm³/mol. The van der Waals surface area contributed by atoms with Gasteiger partial charge in [0.1, 0.15) is 17.9 Å². The Morgan fingerprint density at radius 2 is 1.83 bits per heavy atom. The quantitative estimate of drug-likeness (QED) is 0.739. The van der Waals surface area contributed by atoms with Crippen LogP contribution in [-0.2, 0) is 15.1 Å². The van der Waals surface area contributed by atoms with Crippen molar-refractivity contribution in [1.82, 2.24) is 15.5 Å². The Kier molecular flexibility index (Phi) is 4.82. The van der Waals surface area contributed by atoms with E-state index in [9.17, 15) is 18.8 Å². The standard InChI is InChI=1S/C22H22FN3O3/c1-22(16-9-11-17(23)12-10-16)20(28)26(21(29)25-22)13-18(27)24-19(15-7-8-15)14-5-3-2-4-6-14/h2-6,9-12,15,19H,7-8,13H2,1H3,(H,24,27)(H,25,29). The van der Waals surface area contributed by atoms with Crippen LogP contribution in [0.1, 0.15) is 36.9 Å². The van der Waals surface area contributed by atoms with Crippen molar-refractivity contribution in [2.24, 2.45) is 5.92 Å². The number of carbonyl (C=O) groups is 3. The summed E-state index contributed by atoms with van der Waals surface area (Å²) in [5, 5.41) is 5.60. The van der Waals surface area contributed by atoms with Crippen LogP contribution in [0.5, 0.6) is 0 Å². The van der Waals surface area contributed by atoms with Crippen LogP contribution >= 0.6 is 0 Å². The number of carbonyl (C=O) groups excluding carboxylic acids is 3. The van der Waals surface area contributed by atoms with E-state index in [4.69, 9.17) is 0 Å². The molecule has 0 aromatic heterocycles. The van der Waals surface area contributed by atoms with Crippen molar-refractivity contribution < 1.29 is 18.8 Å². The molecule has 1 aliphatic carbocycles. The summed E-state index contributed by atoms with van der Waals surface area (Å²) in [5.41, 5.74) is 0.136. The van der Waals surface area contributed by atoms with E-state index in [2.05, 4.69) is 10.6 Å². The van der Waals surface area contributed by atoms with Gasteiger partial charge in [0, 0.05) is 0 Å². The molecule has 0 spiro atoms.